The molecule has 3 unspecified atom stereocenters. The fourth-order valence-electron chi connectivity index (χ4n) is 6.12. The van der Waals surface area contributed by atoms with Crippen LogP contribution in [0.4, 0.5) is 0 Å². The molecule has 2 aromatic carbocycles. The summed E-state index contributed by atoms with van der Waals surface area (Å²) in [6, 6.07) is 14.7. The quantitative estimate of drug-likeness (QED) is 0.445. The first-order chi connectivity index (χ1) is 18.0. The van der Waals surface area contributed by atoms with Gasteiger partial charge < -0.3 is 14.4 Å². The van der Waals surface area contributed by atoms with Gasteiger partial charge in [0.15, 0.2) is 0 Å². The Bertz CT molecular complexity index is 1360. The Morgan fingerprint density at radius 3 is 2.43 bits per heavy atom. The highest BCUT2D eigenvalue weighted by Gasteiger charge is 2.41. The molecule has 196 valence electrons. The zero-order valence-corrected chi connectivity index (χ0v) is 22.1. The number of hydrogen-bond acceptors (Lipinski definition) is 7. The van der Waals surface area contributed by atoms with Gasteiger partial charge in [-0.3, -0.25) is 0 Å². The summed E-state index contributed by atoms with van der Waals surface area (Å²) in [4.78, 5) is 12.3. The van der Waals surface area contributed by atoms with Crippen LogP contribution in [0.2, 0.25) is 0 Å². The van der Waals surface area contributed by atoms with Crippen molar-refractivity contribution >= 4 is 20.9 Å². The zero-order valence-electron chi connectivity index (χ0n) is 21.3. The lowest BCUT2D eigenvalue weighted by atomic mass is 9.98. The number of nitrogens with zero attached hydrogens (tertiary/aromatic N) is 4. The van der Waals surface area contributed by atoms with Crippen LogP contribution in [0.25, 0.3) is 10.9 Å². The van der Waals surface area contributed by atoms with Crippen molar-refractivity contribution in [3.05, 3.63) is 54.4 Å². The maximum atomic E-state index is 13.1. The first-order valence-corrected chi connectivity index (χ1v) is 14.7. The van der Waals surface area contributed by atoms with Gasteiger partial charge in [-0.15, -0.1) is 0 Å². The van der Waals surface area contributed by atoms with Crippen molar-refractivity contribution in [3.8, 4) is 11.6 Å². The van der Waals surface area contributed by atoms with Gasteiger partial charge in [-0.05, 0) is 73.9 Å². The molecular weight excluding hydrogens is 488 g/mol. The third kappa shape index (κ3) is 5.04. The van der Waals surface area contributed by atoms with Crippen LogP contribution in [0.3, 0.4) is 0 Å². The lowest BCUT2D eigenvalue weighted by Gasteiger charge is -2.33. The monoisotopic (exact) mass is 522 g/mol. The highest BCUT2D eigenvalue weighted by Crippen LogP contribution is 2.46. The number of ether oxygens (including phenoxy) is 2. The van der Waals surface area contributed by atoms with E-state index in [2.05, 4.69) is 4.90 Å². The van der Waals surface area contributed by atoms with Crippen molar-refractivity contribution in [2.75, 3.05) is 39.8 Å². The van der Waals surface area contributed by atoms with E-state index in [9.17, 15) is 8.42 Å². The standard InChI is InChI=1S/C28H34N4O4S/c1-35-22-8-10-23(11-9-22)37(33,34)32-16-14-31(15-17-32)13-12-27-29-25-5-3-2-4-24(25)28(30-27)36-26-19-20-6-7-21(26)18-20/h2-5,8-11,20-21,26H,6-7,12-19H2,1H3. The molecule has 3 fully saturated rings. The highest BCUT2D eigenvalue weighted by molar-refractivity contribution is 7.89. The Kier molecular flexibility index (Phi) is 6.77. The van der Waals surface area contributed by atoms with Crippen molar-refractivity contribution in [2.24, 2.45) is 11.8 Å². The van der Waals surface area contributed by atoms with E-state index < -0.39 is 10.0 Å². The van der Waals surface area contributed by atoms with Crippen molar-refractivity contribution < 1.29 is 17.9 Å². The summed E-state index contributed by atoms with van der Waals surface area (Å²) in [5, 5.41) is 0.978. The molecule has 3 atom stereocenters. The third-order valence-electron chi connectivity index (χ3n) is 8.23. The average Bonchev–Trinajstić information content (AvgIpc) is 3.56. The zero-order chi connectivity index (χ0) is 25.4. The van der Waals surface area contributed by atoms with Crippen molar-refractivity contribution in [1.29, 1.82) is 0 Å². The number of sulfonamides is 1. The Morgan fingerprint density at radius 2 is 1.73 bits per heavy atom. The molecule has 2 heterocycles. The maximum absolute atomic E-state index is 13.1. The van der Waals surface area contributed by atoms with Crippen LogP contribution in [0.15, 0.2) is 53.4 Å². The molecule has 6 rings (SSSR count). The molecule has 0 amide bonds. The van der Waals surface area contributed by atoms with Crippen molar-refractivity contribution in [2.45, 2.75) is 43.1 Å². The Morgan fingerprint density at radius 1 is 0.946 bits per heavy atom. The predicted octanol–water partition coefficient (Wildman–Crippen LogP) is 3.75. The minimum atomic E-state index is -3.51. The molecule has 3 aromatic rings. The topological polar surface area (TPSA) is 84.9 Å². The molecule has 1 aliphatic heterocycles. The van der Waals surface area contributed by atoms with Crippen LogP contribution >= 0.6 is 0 Å². The van der Waals surface area contributed by atoms with E-state index in [0.29, 0.717) is 55.0 Å². The summed E-state index contributed by atoms with van der Waals surface area (Å²) in [5.41, 5.74) is 0.918. The maximum Gasteiger partial charge on any atom is 0.243 e. The number of piperazine rings is 1. The number of benzene rings is 2. The van der Waals surface area contributed by atoms with E-state index in [1.165, 1.54) is 19.3 Å². The lowest BCUT2D eigenvalue weighted by Crippen LogP contribution is -2.49. The van der Waals surface area contributed by atoms with E-state index in [0.717, 1.165) is 35.6 Å². The Labute approximate surface area is 218 Å². The van der Waals surface area contributed by atoms with Crippen LogP contribution in [0.5, 0.6) is 11.6 Å². The molecule has 0 N–H and O–H groups in total. The Balaban J connectivity index is 1.09. The van der Waals surface area contributed by atoms with Crippen LogP contribution in [-0.2, 0) is 16.4 Å². The summed E-state index contributed by atoms with van der Waals surface area (Å²) < 4.78 is 39.3. The fraction of sp³-hybridized carbons (Fsp3) is 0.500. The van der Waals surface area contributed by atoms with E-state index in [-0.39, 0.29) is 6.10 Å². The van der Waals surface area contributed by atoms with E-state index >= 15 is 0 Å². The molecule has 2 bridgehead atoms. The number of fused-ring (bicyclic) bond motifs is 3. The minimum Gasteiger partial charge on any atom is -0.497 e. The summed E-state index contributed by atoms with van der Waals surface area (Å²) in [6.45, 7) is 3.06. The smallest absolute Gasteiger partial charge is 0.243 e. The van der Waals surface area contributed by atoms with Crippen LogP contribution in [0, 0.1) is 11.8 Å². The van der Waals surface area contributed by atoms with Gasteiger partial charge in [0.05, 0.1) is 22.9 Å². The summed E-state index contributed by atoms with van der Waals surface area (Å²) in [7, 11) is -1.95. The molecule has 2 saturated carbocycles. The van der Waals surface area contributed by atoms with Crippen LogP contribution in [-0.4, -0.2) is 73.5 Å². The van der Waals surface area contributed by atoms with Gasteiger partial charge >= 0.3 is 0 Å². The van der Waals surface area contributed by atoms with E-state index in [1.54, 1.807) is 35.7 Å². The van der Waals surface area contributed by atoms with Gasteiger partial charge in [0.25, 0.3) is 0 Å². The Hall–Kier alpha value is -2.75. The third-order valence-corrected chi connectivity index (χ3v) is 10.1. The second-order valence-corrected chi connectivity index (χ2v) is 12.4. The average molecular weight is 523 g/mol. The van der Waals surface area contributed by atoms with Gasteiger partial charge in [0.1, 0.15) is 17.7 Å². The molecule has 0 spiro atoms. The van der Waals surface area contributed by atoms with Gasteiger partial charge in [-0.25, -0.2) is 13.4 Å². The number of para-hydroxylation sites is 1. The second-order valence-electron chi connectivity index (χ2n) is 10.5. The predicted molar refractivity (Wildman–Crippen MR) is 141 cm³/mol. The number of aromatic nitrogens is 2. The van der Waals surface area contributed by atoms with Gasteiger partial charge in [-0.1, -0.05) is 12.1 Å². The number of methoxy groups -OCH3 is 1. The molecule has 1 saturated heterocycles. The molecular formula is C28H34N4O4S. The fourth-order valence-corrected chi connectivity index (χ4v) is 7.54. The summed E-state index contributed by atoms with van der Waals surface area (Å²) >= 11 is 0. The number of hydrogen-bond donors (Lipinski definition) is 0. The first kappa shape index (κ1) is 24.6. The SMILES string of the molecule is COc1ccc(S(=O)(=O)N2CCN(CCc3nc(OC4CC5CCC4C5)c4ccccc4n3)CC2)cc1. The molecule has 3 aliphatic rings. The van der Waals surface area contributed by atoms with Crippen molar-refractivity contribution in [1.82, 2.24) is 19.2 Å². The lowest BCUT2D eigenvalue weighted by molar-refractivity contribution is 0.134. The van der Waals surface area contributed by atoms with Gasteiger partial charge in [0, 0.05) is 39.1 Å². The largest absolute Gasteiger partial charge is 0.497 e. The molecule has 37 heavy (non-hydrogen) atoms. The van der Waals surface area contributed by atoms with Gasteiger partial charge in [-0.2, -0.15) is 9.29 Å². The molecule has 0 radical (unpaired) electrons. The minimum absolute atomic E-state index is 0.269. The first-order valence-electron chi connectivity index (χ1n) is 13.3. The highest BCUT2D eigenvalue weighted by atomic mass is 32.2. The van der Waals surface area contributed by atoms with Crippen molar-refractivity contribution in [3.63, 3.8) is 0 Å². The molecule has 1 aromatic heterocycles. The van der Waals surface area contributed by atoms with Crippen LogP contribution in [0.1, 0.15) is 31.5 Å². The second kappa shape index (κ2) is 10.2. The normalized spacial score (nSPS) is 24.5. The number of rotatable bonds is 8. The van der Waals surface area contributed by atoms with E-state index in [4.69, 9.17) is 19.4 Å². The summed E-state index contributed by atoms with van der Waals surface area (Å²) in [6.07, 6.45) is 6.01. The molecule has 9 heteroatoms. The van der Waals surface area contributed by atoms with E-state index in [1.807, 2.05) is 24.3 Å². The molecule has 2 aliphatic carbocycles. The van der Waals surface area contributed by atoms with Gasteiger partial charge in [0.2, 0.25) is 15.9 Å². The summed E-state index contributed by atoms with van der Waals surface area (Å²) in [5.74, 6) is 3.62. The van der Waals surface area contributed by atoms with Crippen LogP contribution < -0.4 is 9.47 Å². The molecule has 8 nitrogen and oxygen atoms in total.